The molecule has 20 nitrogen and oxygen atoms in total. The van der Waals surface area contributed by atoms with Gasteiger partial charge in [0, 0.05) is 48.4 Å². The number of amides is 3. The van der Waals surface area contributed by atoms with Crippen LogP contribution in [0, 0.1) is 72.5 Å². The van der Waals surface area contributed by atoms with Crippen molar-refractivity contribution in [1.29, 1.82) is 15.8 Å². The second-order valence-corrected chi connectivity index (χ2v) is 15.3. The molecule has 0 radical (unpaired) electrons. The maximum absolute atomic E-state index is 11.7. The fourth-order valence-corrected chi connectivity index (χ4v) is 5.34. The number of halogens is 2. The van der Waals surface area contributed by atoms with E-state index in [9.17, 15) is 29.1 Å². The van der Waals surface area contributed by atoms with Crippen molar-refractivity contribution in [1.82, 2.24) is 10.3 Å². The number of allylic oxidation sites excluding steroid dienone is 4. The van der Waals surface area contributed by atoms with Crippen LogP contribution in [-0.2, 0) is 14.4 Å². The Hall–Kier alpha value is -9.40. The van der Waals surface area contributed by atoms with E-state index in [4.69, 9.17) is 77.4 Å². The van der Waals surface area contributed by atoms with Crippen LogP contribution in [0.2, 0.25) is 0 Å². The summed E-state index contributed by atoms with van der Waals surface area (Å²) in [4.78, 5) is 55.7. The minimum Gasteiger partial charge on any atom is -0.855 e. The van der Waals surface area contributed by atoms with Gasteiger partial charge in [0.15, 0.2) is 11.1 Å². The number of carbonyl (C=O) groups excluding carboxylic acids is 5. The molecule has 97 heavy (non-hydrogen) atoms. The van der Waals surface area contributed by atoms with Crippen LogP contribution < -0.4 is 56.3 Å². The largest absolute Gasteiger partial charge is 1.00 e. The van der Waals surface area contributed by atoms with Gasteiger partial charge in [-0.15, -0.1) is 31.3 Å². The Morgan fingerprint density at radius 1 is 0.526 bits per heavy atom. The smallest absolute Gasteiger partial charge is 0.855 e. The molecular weight excluding hydrogens is 1280 g/mol. The van der Waals surface area contributed by atoms with E-state index < -0.39 is 27.9 Å². The number of aryl methyl sites for hydroxylation is 2. The monoisotopic (exact) mass is 1390 g/mol. The van der Waals surface area contributed by atoms with E-state index in [1.54, 1.807) is 87.5 Å². The van der Waals surface area contributed by atoms with E-state index in [0.717, 1.165) is 11.4 Å². The number of nitrogens with one attached hydrogen (secondary N) is 3. The van der Waals surface area contributed by atoms with E-state index in [-0.39, 0.29) is 104 Å². The molecule has 0 aliphatic rings. The predicted octanol–water partition coefficient (Wildman–Crippen LogP) is 15.9. The molecule has 0 atom stereocenters. The number of nitriles is 3. The van der Waals surface area contributed by atoms with Crippen molar-refractivity contribution in [2.75, 3.05) is 28.3 Å². The molecule has 2 aromatic heterocycles. The molecule has 2 heterocycles. The zero-order valence-corrected chi connectivity index (χ0v) is 63.6. The molecule has 0 bridgehead atoms. The van der Waals surface area contributed by atoms with Crippen molar-refractivity contribution in [3.63, 3.8) is 0 Å². The van der Waals surface area contributed by atoms with Crippen LogP contribution in [0.15, 0.2) is 177 Å². The number of aliphatic hydroxyl groups excluding tert-OH is 3. The number of rotatable bonds is 12. The van der Waals surface area contributed by atoms with Gasteiger partial charge in [0.2, 0.25) is 0 Å². The first-order valence-corrected chi connectivity index (χ1v) is 31.5. The first kappa shape index (κ1) is 112. The summed E-state index contributed by atoms with van der Waals surface area (Å²) in [6.45, 7) is 38.2. The number of aromatic nitrogens is 2. The SMILES string of the molecule is C.C#CCC/C(O)=C(\C#N)C(=O)Cl.C#CCC/C(O)=C(\C#N)C(=O)Nc1ccccc1.C/C(O)=C(\C#N)C(=O)Nc1ccccc1.CC.CC.CC.CC.CC.CC.CC.CC.CC[O-].Cc1oncc1C(=O)Cl.Cc1oncc1C(=O)Nc1ccccc1.Nc1ccccc1.[Na+]. The summed E-state index contributed by atoms with van der Waals surface area (Å²) >= 11 is 10.1. The molecule has 0 saturated heterocycles. The molecule has 0 fully saturated rings. The van der Waals surface area contributed by atoms with Gasteiger partial charge in [-0.05, 0) is 92.5 Å². The molecule has 3 amide bonds. The fraction of sp³-hybridized carbons (Fsp3) is 0.351. The number of hydrogen-bond acceptors (Lipinski definition) is 17. The molecule has 23 heteroatoms. The Balaban J connectivity index is -0.0000000975. The van der Waals surface area contributed by atoms with Crippen LogP contribution in [0.3, 0.4) is 0 Å². The Kier molecular flexibility index (Phi) is 97.7. The standard InChI is InChI=1S/C14H12N2O2.2C11H10N2O2.C8H6ClNO2.C6H7N.C5H4ClNO2.C2H5O.8C2H6.CH4.Na/c1-2-3-9-13(17)12(10-15)14(18)16-11-7-5-4-6-8-11;1-8-10(7-12-15-8)11(14)13-9-5-3-2-4-6-9;1-8(14)10(7-12)11(15)13-9-5-3-2-4-6-9;1-2-3-4-7(11)6(5-10)8(9)12;7-6-4-2-1-3-5-6;1-3-4(5(6)8)2-7-9-3;1-2-3;8*1-2;;/h1,4-8,17H,3,9H2,(H,16,18);2-7H,1H3,(H,13,14);2-6,14H,1H3,(H,13,15);1,11H,3-4H2;1-5H,7H2;2H,1H3;2H2,1H3;8*1-2H3;1H4;/q;;;;;;-1;;;;;;;;;;+1/b13-12-;;10-8-;7-6-;;;;;;;;;;;;;. The van der Waals surface area contributed by atoms with Crippen molar-refractivity contribution in [3.05, 3.63) is 190 Å². The summed E-state index contributed by atoms with van der Waals surface area (Å²) in [6.07, 6.45) is 13.4. The quantitative estimate of drug-likeness (QED) is 0.0114. The Morgan fingerprint density at radius 3 is 1.03 bits per heavy atom. The minimum atomic E-state index is -0.966. The van der Waals surface area contributed by atoms with Crippen molar-refractivity contribution < 1.29 is 83.0 Å². The third kappa shape index (κ3) is 61.2. The number of nitrogen functional groups attached to an aromatic ring is 1. The van der Waals surface area contributed by atoms with Crippen LogP contribution in [-0.4, -0.2) is 60.4 Å². The number of anilines is 4. The molecule has 0 saturated carbocycles. The van der Waals surface area contributed by atoms with Crippen LogP contribution in [0.5, 0.6) is 0 Å². The van der Waals surface area contributed by atoms with Crippen molar-refractivity contribution in [2.24, 2.45) is 0 Å². The zero-order chi connectivity index (χ0) is 75.5. The minimum absolute atomic E-state index is 0. The predicted molar refractivity (Wildman–Crippen MR) is 395 cm³/mol. The van der Waals surface area contributed by atoms with E-state index in [1.807, 2.05) is 178 Å². The average molecular weight is 1390 g/mol. The average Bonchev–Trinajstić information content (AvgIpc) is 1.94. The number of aliphatic hydroxyl groups is 3. The molecule has 528 valence electrons. The molecule has 0 aliphatic carbocycles. The second kappa shape index (κ2) is 84.6. The number of para-hydroxylation sites is 4. The van der Waals surface area contributed by atoms with Crippen molar-refractivity contribution in [3.8, 4) is 42.9 Å². The molecule has 8 N–H and O–H groups in total. The molecule has 6 aromatic rings. The summed E-state index contributed by atoms with van der Waals surface area (Å²) in [7, 11) is 0. The molecule has 0 aliphatic heterocycles. The van der Waals surface area contributed by atoms with E-state index in [1.165, 1.54) is 25.4 Å². The zero-order valence-electron chi connectivity index (χ0n) is 60.1. The summed E-state index contributed by atoms with van der Waals surface area (Å²) in [6, 6.07) is 40.9. The number of terminal acetylenes is 2. The van der Waals surface area contributed by atoms with Gasteiger partial charge in [0.1, 0.15) is 58.1 Å². The molecular formula is C74H106Cl2N9NaO11. The topological polar surface area (TPSA) is 355 Å². The summed E-state index contributed by atoms with van der Waals surface area (Å²) in [5, 5.41) is 75.6. The van der Waals surface area contributed by atoms with E-state index >= 15 is 0 Å². The Morgan fingerprint density at radius 2 is 0.804 bits per heavy atom. The van der Waals surface area contributed by atoms with Gasteiger partial charge in [-0.1, -0.05) is 208 Å². The molecule has 6 rings (SSSR count). The molecule has 0 spiro atoms. The van der Waals surface area contributed by atoms with Gasteiger partial charge in [-0.25, -0.2) is 0 Å². The van der Waals surface area contributed by atoms with Gasteiger partial charge in [0.05, 0.1) is 18.0 Å². The summed E-state index contributed by atoms with van der Waals surface area (Å²) in [5.74, 6) is 3.18. The Labute approximate surface area is 612 Å². The third-order valence-corrected chi connectivity index (χ3v) is 9.18. The normalized spacial score (nSPS) is 8.80. The van der Waals surface area contributed by atoms with Gasteiger partial charge in [-0.3, -0.25) is 24.0 Å². The maximum Gasteiger partial charge on any atom is 1.00 e. The number of hydrogen-bond donors (Lipinski definition) is 7. The van der Waals surface area contributed by atoms with Crippen molar-refractivity contribution >= 4 is 74.2 Å². The second-order valence-electron chi connectivity index (χ2n) is 14.6. The third-order valence-electron chi connectivity index (χ3n) is 8.79. The van der Waals surface area contributed by atoms with Crippen LogP contribution in [0.25, 0.3) is 0 Å². The fourth-order valence-electron chi connectivity index (χ4n) is 5.00. The van der Waals surface area contributed by atoms with Crippen LogP contribution >= 0.6 is 23.2 Å². The van der Waals surface area contributed by atoms with Gasteiger partial charge >= 0.3 is 29.6 Å². The number of carbonyl (C=O) groups is 5. The number of nitrogens with two attached hydrogens (primary N) is 1. The number of nitrogens with zero attached hydrogens (tertiary/aromatic N) is 5. The van der Waals surface area contributed by atoms with Crippen LogP contribution in [0.4, 0.5) is 22.7 Å². The summed E-state index contributed by atoms with van der Waals surface area (Å²) in [5.41, 5.74) is 7.83. The first-order chi connectivity index (χ1) is 45.8. The first-order valence-electron chi connectivity index (χ1n) is 30.8. The van der Waals surface area contributed by atoms with E-state index in [0.29, 0.717) is 34.0 Å². The Bertz CT molecular complexity index is 3190. The molecule has 4 aromatic carbocycles. The number of benzene rings is 4. The maximum atomic E-state index is 11.7. The van der Waals surface area contributed by atoms with Crippen molar-refractivity contribution in [2.45, 2.75) is 172 Å². The van der Waals surface area contributed by atoms with Crippen LogP contribution in [0.1, 0.15) is 190 Å². The van der Waals surface area contributed by atoms with Gasteiger partial charge < -0.3 is 51.2 Å². The molecule has 0 unspecified atom stereocenters. The summed E-state index contributed by atoms with van der Waals surface area (Å²) < 4.78 is 9.38. The van der Waals surface area contributed by atoms with Gasteiger partial charge in [-0.2, -0.15) is 15.8 Å². The van der Waals surface area contributed by atoms with E-state index in [2.05, 4.69) is 42.6 Å². The van der Waals surface area contributed by atoms with Gasteiger partial charge in [0.25, 0.3) is 28.2 Å².